The van der Waals surface area contributed by atoms with Crippen molar-refractivity contribution < 1.29 is 14.7 Å². The van der Waals surface area contributed by atoms with Crippen molar-refractivity contribution in [2.75, 3.05) is 0 Å². The predicted octanol–water partition coefficient (Wildman–Crippen LogP) is 0.497. The Kier molecular flexibility index (Phi) is 4.24. The molecule has 0 saturated heterocycles. The summed E-state index contributed by atoms with van der Waals surface area (Å²) in [7, 11) is 0. The summed E-state index contributed by atoms with van der Waals surface area (Å²) < 4.78 is 1.32. The van der Waals surface area contributed by atoms with Crippen molar-refractivity contribution in [2.24, 2.45) is 0 Å². The number of hydrogen-bond acceptors (Lipinski definition) is 5. The Bertz CT molecular complexity index is 624. The SMILES string of the molecule is CCC[C@@H](CC(=O)O)NC(=O)c1cccc2nnnn12. The minimum atomic E-state index is -0.940. The lowest BCUT2D eigenvalue weighted by Gasteiger charge is -2.16. The van der Waals surface area contributed by atoms with E-state index in [1.165, 1.54) is 4.52 Å². The van der Waals surface area contributed by atoms with Crippen molar-refractivity contribution >= 4 is 17.5 Å². The van der Waals surface area contributed by atoms with Crippen LogP contribution in [-0.4, -0.2) is 43.1 Å². The van der Waals surface area contributed by atoms with Gasteiger partial charge in [0.25, 0.3) is 5.91 Å². The van der Waals surface area contributed by atoms with Gasteiger partial charge in [0.15, 0.2) is 5.65 Å². The van der Waals surface area contributed by atoms with Gasteiger partial charge in [-0.15, -0.1) is 5.10 Å². The minimum Gasteiger partial charge on any atom is -0.481 e. The largest absolute Gasteiger partial charge is 0.481 e. The van der Waals surface area contributed by atoms with Crippen molar-refractivity contribution in [2.45, 2.75) is 32.2 Å². The van der Waals surface area contributed by atoms with Crippen LogP contribution in [0.1, 0.15) is 36.7 Å². The highest BCUT2D eigenvalue weighted by atomic mass is 16.4. The van der Waals surface area contributed by atoms with E-state index >= 15 is 0 Å². The maximum atomic E-state index is 12.2. The van der Waals surface area contributed by atoms with Crippen molar-refractivity contribution in [3.63, 3.8) is 0 Å². The molecule has 2 aromatic rings. The Morgan fingerprint density at radius 2 is 2.25 bits per heavy atom. The number of aliphatic carboxylic acids is 1. The smallest absolute Gasteiger partial charge is 0.305 e. The maximum absolute atomic E-state index is 12.2. The summed E-state index contributed by atoms with van der Waals surface area (Å²) in [5, 5.41) is 22.5. The molecule has 8 heteroatoms. The van der Waals surface area contributed by atoms with Crippen LogP contribution in [0.2, 0.25) is 0 Å². The number of fused-ring (bicyclic) bond motifs is 1. The molecule has 2 N–H and O–H groups in total. The van der Waals surface area contributed by atoms with E-state index in [0.29, 0.717) is 12.1 Å². The third kappa shape index (κ3) is 3.08. The molecule has 0 radical (unpaired) electrons. The third-order valence-corrected chi connectivity index (χ3v) is 2.85. The molecule has 0 unspecified atom stereocenters. The van der Waals surface area contributed by atoms with Gasteiger partial charge in [0.1, 0.15) is 5.69 Å². The Hall–Kier alpha value is -2.51. The first-order chi connectivity index (χ1) is 9.61. The molecule has 106 valence electrons. The lowest BCUT2D eigenvalue weighted by Crippen LogP contribution is -2.37. The summed E-state index contributed by atoms with van der Waals surface area (Å²) in [6.07, 6.45) is 1.28. The molecule has 1 atom stereocenters. The highest BCUT2D eigenvalue weighted by Crippen LogP contribution is 2.06. The van der Waals surface area contributed by atoms with Crippen LogP contribution >= 0.6 is 0 Å². The molecular formula is C12H15N5O3. The van der Waals surface area contributed by atoms with E-state index in [1.807, 2.05) is 6.92 Å². The number of hydrogen-bond donors (Lipinski definition) is 2. The number of rotatable bonds is 6. The van der Waals surface area contributed by atoms with Crippen LogP contribution in [0, 0.1) is 0 Å². The summed E-state index contributed by atoms with van der Waals surface area (Å²) >= 11 is 0. The molecule has 1 amide bonds. The van der Waals surface area contributed by atoms with Crippen LogP contribution in [0.5, 0.6) is 0 Å². The molecule has 0 fully saturated rings. The van der Waals surface area contributed by atoms with E-state index in [-0.39, 0.29) is 18.0 Å². The summed E-state index contributed by atoms with van der Waals surface area (Å²) in [5.74, 6) is -1.33. The molecule has 0 aromatic carbocycles. The third-order valence-electron chi connectivity index (χ3n) is 2.85. The molecular weight excluding hydrogens is 262 g/mol. The number of aromatic nitrogens is 4. The standard InChI is InChI=1S/C12H15N5O3/c1-2-4-8(7-11(18)19)13-12(20)9-5-3-6-10-14-15-16-17(9)10/h3,5-6,8H,2,4,7H2,1H3,(H,13,20)(H,18,19)/t8-/m0/s1. The van der Waals surface area contributed by atoms with E-state index < -0.39 is 12.0 Å². The second-order valence-corrected chi connectivity index (χ2v) is 4.42. The first-order valence-electron chi connectivity index (χ1n) is 6.31. The van der Waals surface area contributed by atoms with Gasteiger partial charge in [-0.3, -0.25) is 9.59 Å². The molecule has 2 heterocycles. The quantitative estimate of drug-likeness (QED) is 0.795. The summed E-state index contributed by atoms with van der Waals surface area (Å²) in [4.78, 5) is 23.0. The molecule has 20 heavy (non-hydrogen) atoms. The van der Waals surface area contributed by atoms with Gasteiger partial charge in [-0.2, -0.15) is 4.52 Å². The van der Waals surface area contributed by atoms with Gasteiger partial charge in [-0.1, -0.05) is 19.4 Å². The van der Waals surface area contributed by atoms with Gasteiger partial charge in [-0.05, 0) is 29.0 Å². The fraction of sp³-hybridized carbons (Fsp3) is 0.417. The lowest BCUT2D eigenvalue weighted by molar-refractivity contribution is -0.137. The minimum absolute atomic E-state index is 0.106. The summed E-state index contributed by atoms with van der Waals surface area (Å²) in [6.45, 7) is 1.93. The number of carbonyl (C=O) groups excluding carboxylic acids is 1. The van der Waals surface area contributed by atoms with Crippen molar-refractivity contribution in [1.82, 2.24) is 25.4 Å². The molecule has 0 aliphatic heterocycles. The number of nitrogens with one attached hydrogen (secondary N) is 1. The fourth-order valence-corrected chi connectivity index (χ4v) is 1.98. The van der Waals surface area contributed by atoms with Gasteiger partial charge in [0.2, 0.25) is 0 Å². The zero-order valence-corrected chi connectivity index (χ0v) is 11.0. The fourth-order valence-electron chi connectivity index (χ4n) is 1.98. The Morgan fingerprint density at radius 3 is 2.95 bits per heavy atom. The topological polar surface area (TPSA) is 109 Å². The Balaban J connectivity index is 2.17. The van der Waals surface area contributed by atoms with Gasteiger partial charge in [0, 0.05) is 6.04 Å². The van der Waals surface area contributed by atoms with Crippen LogP contribution in [-0.2, 0) is 4.79 Å². The van der Waals surface area contributed by atoms with Crippen LogP contribution in [0.4, 0.5) is 0 Å². The Morgan fingerprint density at radius 1 is 1.45 bits per heavy atom. The lowest BCUT2D eigenvalue weighted by atomic mass is 10.1. The van der Waals surface area contributed by atoms with Crippen molar-refractivity contribution in [3.05, 3.63) is 23.9 Å². The summed E-state index contributed by atoms with van der Waals surface area (Å²) in [6, 6.07) is 4.53. The van der Waals surface area contributed by atoms with Gasteiger partial charge in [0.05, 0.1) is 6.42 Å². The molecule has 0 aliphatic rings. The number of nitrogens with zero attached hydrogens (tertiary/aromatic N) is 4. The number of amides is 1. The van der Waals surface area contributed by atoms with Crippen LogP contribution in [0.25, 0.3) is 5.65 Å². The zero-order valence-electron chi connectivity index (χ0n) is 11.0. The van der Waals surface area contributed by atoms with E-state index in [9.17, 15) is 9.59 Å². The van der Waals surface area contributed by atoms with Crippen LogP contribution < -0.4 is 5.32 Å². The number of pyridine rings is 1. The monoisotopic (exact) mass is 277 g/mol. The molecule has 8 nitrogen and oxygen atoms in total. The first kappa shape index (κ1) is 13.9. The average Bonchev–Trinajstić information content (AvgIpc) is 2.85. The predicted molar refractivity (Wildman–Crippen MR) is 69.2 cm³/mol. The first-order valence-corrected chi connectivity index (χ1v) is 6.31. The number of tetrazole rings is 1. The van der Waals surface area contributed by atoms with Gasteiger partial charge in [-0.25, -0.2) is 0 Å². The number of carboxylic acids is 1. The van der Waals surface area contributed by atoms with Crippen LogP contribution in [0.3, 0.4) is 0 Å². The molecule has 0 aliphatic carbocycles. The molecule has 0 saturated carbocycles. The van der Waals surface area contributed by atoms with Gasteiger partial charge < -0.3 is 10.4 Å². The molecule has 0 bridgehead atoms. The van der Waals surface area contributed by atoms with Crippen molar-refractivity contribution in [3.8, 4) is 0 Å². The zero-order chi connectivity index (χ0) is 14.5. The second kappa shape index (κ2) is 6.09. The van der Waals surface area contributed by atoms with E-state index in [2.05, 4.69) is 20.8 Å². The Labute approximate surface area is 114 Å². The van der Waals surface area contributed by atoms with Gasteiger partial charge >= 0.3 is 5.97 Å². The molecule has 0 spiro atoms. The van der Waals surface area contributed by atoms with Crippen molar-refractivity contribution in [1.29, 1.82) is 0 Å². The van der Waals surface area contributed by atoms with E-state index in [0.717, 1.165) is 6.42 Å². The summed E-state index contributed by atoms with van der Waals surface area (Å²) in [5.41, 5.74) is 0.738. The number of carbonyl (C=O) groups is 2. The normalized spacial score (nSPS) is 12.2. The maximum Gasteiger partial charge on any atom is 0.305 e. The van der Waals surface area contributed by atoms with E-state index in [4.69, 9.17) is 5.11 Å². The van der Waals surface area contributed by atoms with Crippen LogP contribution in [0.15, 0.2) is 18.2 Å². The molecule has 2 aromatic heterocycles. The average molecular weight is 277 g/mol. The second-order valence-electron chi connectivity index (χ2n) is 4.42. The highest BCUT2D eigenvalue weighted by Gasteiger charge is 2.18. The highest BCUT2D eigenvalue weighted by molar-refractivity contribution is 5.93. The molecule has 2 rings (SSSR count). The number of carboxylic acid groups (broad SMARTS) is 1. The van der Waals surface area contributed by atoms with E-state index in [1.54, 1.807) is 18.2 Å².